The molecule has 1 amide bonds. The lowest BCUT2D eigenvalue weighted by Gasteiger charge is -2.36. The molecule has 1 atom stereocenters. The van der Waals surface area contributed by atoms with Crippen molar-refractivity contribution >= 4 is 33.8 Å². The van der Waals surface area contributed by atoms with E-state index < -0.39 is 0 Å². The molecule has 2 aliphatic rings. The third-order valence-electron chi connectivity index (χ3n) is 6.77. The zero-order valence-corrected chi connectivity index (χ0v) is 20.3. The zero-order valence-electron chi connectivity index (χ0n) is 19.5. The van der Waals surface area contributed by atoms with Gasteiger partial charge in [0.15, 0.2) is 0 Å². The third kappa shape index (κ3) is 4.01. The summed E-state index contributed by atoms with van der Waals surface area (Å²) in [6, 6.07) is 7.88. The number of para-hydroxylation sites is 2. The molecule has 0 saturated carbocycles. The van der Waals surface area contributed by atoms with Crippen LogP contribution in [-0.2, 0) is 17.9 Å². The van der Waals surface area contributed by atoms with Crippen molar-refractivity contribution in [3.8, 4) is 5.75 Å². The molecule has 4 heterocycles. The number of nitrogens with one attached hydrogen (secondary N) is 1. The van der Waals surface area contributed by atoms with Crippen LogP contribution in [0.15, 0.2) is 39.2 Å². The molecule has 0 radical (unpaired) electrons. The number of nitrogens with zero attached hydrogens (tertiary/aromatic N) is 4. The van der Waals surface area contributed by atoms with Crippen LogP contribution in [0.25, 0.3) is 10.9 Å². The van der Waals surface area contributed by atoms with Crippen molar-refractivity contribution in [2.75, 3.05) is 44.7 Å². The molecule has 2 aliphatic heterocycles. The van der Waals surface area contributed by atoms with Crippen molar-refractivity contribution in [2.45, 2.75) is 32.5 Å². The highest BCUT2D eigenvalue weighted by Gasteiger charge is 2.28. The highest BCUT2D eigenvalue weighted by molar-refractivity contribution is 7.11. The molecule has 1 fully saturated rings. The fourth-order valence-corrected chi connectivity index (χ4v) is 6.17. The molecular formula is C24H29N5O4S. The van der Waals surface area contributed by atoms with E-state index in [1.807, 2.05) is 23.6 Å². The maximum absolute atomic E-state index is 13.2. The lowest BCUT2D eigenvalue weighted by Crippen LogP contribution is -2.49. The Hall–Kier alpha value is -3.11. The zero-order chi connectivity index (χ0) is 23.8. The van der Waals surface area contributed by atoms with E-state index >= 15 is 0 Å². The summed E-state index contributed by atoms with van der Waals surface area (Å²) in [7, 11) is 1.69. The van der Waals surface area contributed by atoms with Crippen molar-refractivity contribution in [1.82, 2.24) is 19.4 Å². The first-order chi connectivity index (χ1) is 16.5. The number of ether oxygens (including phenoxy) is 1. The Morgan fingerprint density at radius 3 is 2.62 bits per heavy atom. The van der Waals surface area contributed by atoms with Crippen LogP contribution in [0.4, 0.5) is 5.69 Å². The lowest BCUT2D eigenvalue weighted by molar-refractivity contribution is -0.119. The monoisotopic (exact) mass is 483 g/mol. The number of carbonyl (C=O) groups is 1. The molecule has 0 bridgehead atoms. The van der Waals surface area contributed by atoms with Gasteiger partial charge in [0, 0.05) is 58.1 Å². The number of piperazine rings is 1. The number of hydrogen-bond donors (Lipinski definition) is 1. The molecule has 2 aromatic heterocycles. The minimum absolute atomic E-state index is 0.110. The van der Waals surface area contributed by atoms with E-state index in [1.165, 1.54) is 22.8 Å². The topological polar surface area (TPSA) is 88.8 Å². The van der Waals surface area contributed by atoms with Crippen LogP contribution >= 0.6 is 11.3 Å². The number of thiophene rings is 1. The summed E-state index contributed by atoms with van der Waals surface area (Å²) in [4.78, 5) is 43.5. The maximum atomic E-state index is 13.2. The van der Waals surface area contributed by atoms with Gasteiger partial charge in [-0.25, -0.2) is 4.79 Å². The molecule has 0 spiro atoms. The van der Waals surface area contributed by atoms with E-state index in [4.69, 9.17) is 4.74 Å². The number of aryl methyl sites for hydroxylation is 1. The Bertz CT molecular complexity index is 1340. The van der Waals surface area contributed by atoms with Crippen molar-refractivity contribution in [3.63, 3.8) is 0 Å². The summed E-state index contributed by atoms with van der Waals surface area (Å²) < 4.78 is 8.58. The van der Waals surface area contributed by atoms with E-state index in [0.29, 0.717) is 37.0 Å². The Labute approximate surface area is 201 Å². The van der Waals surface area contributed by atoms with Crippen molar-refractivity contribution in [3.05, 3.63) is 55.4 Å². The van der Waals surface area contributed by atoms with Gasteiger partial charge in [0.05, 0.1) is 34.6 Å². The second-order valence-electron chi connectivity index (χ2n) is 8.80. The molecule has 5 rings (SSSR count). The molecule has 0 aliphatic carbocycles. The fourth-order valence-electron chi connectivity index (χ4n) is 5.04. The summed E-state index contributed by atoms with van der Waals surface area (Å²) >= 11 is 1.44. The number of anilines is 1. The molecule has 9 nitrogen and oxygen atoms in total. The Kier molecular flexibility index (Phi) is 6.18. The van der Waals surface area contributed by atoms with Crippen molar-refractivity contribution in [2.24, 2.45) is 0 Å². The predicted molar refractivity (Wildman–Crippen MR) is 133 cm³/mol. The molecule has 180 valence electrons. The standard InChI is InChI=1S/C24H29N5O4S/c1-16(30)25-18-7-8-28-21-17(15-34-22(18)21)23(31)29(24(28)32)14-11-26-9-12-27(13-10-26)19-5-3-4-6-20(19)33-2/h3-6,15,18H,7-14H2,1-2H3,(H,25,30). The fraction of sp³-hybridized carbons (Fsp3) is 0.458. The van der Waals surface area contributed by atoms with E-state index in [1.54, 1.807) is 11.7 Å². The lowest BCUT2D eigenvalue weighted by atomic mass is 10.1. The van der Waals surface area contributed by atoms with Gasteiger partial charge in [-0.15, -0.1) is 11.3 Å². The Morgan fingerprint density at radius 1 is 1.12 bits per heavy atom. The first-order valence-electron chi connectivity index (χ1n) is 11.6. The van der Waals surface area contributed by atoms with Gasteiger partial charge < -0.3 is 15.0 Å². The van der Waals surface area contributed by atoms with Crippen LogP contribution in [0, 0.1) is 0 Å². The first-order valence-corrected chi connectivity index (χ1v) is 12.5. The van der Waals surface area contributed by atoms with Crippen molar-refractivity contribution in [1.29, 1.82) is 0 Å². The van der Waals surface area contributed by atoms with Crippen LogP contribution in [0.5, 0.6) is 5.75 Å². The molecule has 1 unspecified atom stereocenters. The molecule has 1 N–H and O–H groups in total. The normalized spacial score (nSPS) is 18.3. The molecule has 1 saturated heterocycles. The summed E-state index contributed by atoms with van der Waals surface area (Å²) in [6.45, 7) is 6.40. The van der Waals surface area contributed by atoms with E-state index in [-0.39, 0.29) is 23.2 Å². The SMILES string of the molecule is COc1ccccc1N1CCN(CCn2c(=O)c3csc4c3n(c2=O)CCC4NC(C)=O)CC1. The predicted octanol–water partition coefficient (Wildman–Crippen LogP) is 1.64. The third-order valence-corrected chi connectivity index (χ3v) is 7.86. The van der Waals surface area contributed by atoms with Gasteiger partial charge in [-0.2, -0.15) is 0 Å². The summed E-state index contributed by atoms with van der Waals surface area (Å²) in [6.07, 6.45) is 0.644. The van der Waals surface area contributed by atoms with Crippen LogP contribution in [-0.4, -0.2) is 59.8 Å². The van der Waals surface area contributed by atoms with Crippen LogP contribution in [0.2, 0.25) is 0 Å². The number of carbonyl (C=O) groups excluding carboxylic acids is 1. The summed E-state index contributed by atoms with van der Waals surface area (Å²) in [5.41, 5.74) is 1.28. The average molecular weight is 484 g/mol. The minimum atomic E-state index is -0.258. The Morgan fingerprint density at radius 2 is 1.88 bits per heavy atom. The highest BCUT2D eigenvalue weighted by Crippen LogP contribution is 2.34. The van der Waals surface area contributed by atoms with Gasteiger partial charge in [0.1, 0.15) is 5.75 Å². The van der Waals surface area contributed by atoms with Gasteiger partial charge in [0.2, 0.25) is 5.91 Å². The van der Waals surface area contributed by atoms with E-state index in [9.17, 15) is 14.4 Å². The smallest absolute Gasteiger partial charge is 0.331 e. The number of hydrogen-bond acceptors (Lipinski definition) is 7. The van der Waals surface area contributed by atoms with Gasteiger partial charge in [-0.3, -0.25) is 23.6 Å². The molecule has 10 heteroatoms. The number of amides is 1. The molecule has 34 heavy (non-hydrogen) atoms. The summed E-state index contributed by atoms with van der Waals surface area (Å²) in [5.74, 6) is 0.759. The van der Waals surface area contributed by atoms with Crippen LogP contribution in [0.3, 0.4) is 0 Å². The van der Waals surface area contributed by atoms with E-state index in [0.717, 1.165) is 42.5 Å². The number of rotatable bonds is 6. The number of methoxy groups -OCH3 is 1. The maximum Gasteiger partial charge on any atom is 0.331 e. The van der Waals surface area contributed by atoms with Gasteiger partial charge >= 0.3 is 5.69 Å². The van der Waals surface area contributed by atoms with Crippen LogP contribution < -0.4 is 26.2 Å². The quantitative estimate of drug-likeness (QED) is 0.574. The largest absolute Gasteiger partial charge is 0.495 e. The second kappa shape index (κ2) is 9.27. The molecule has 1 aromatic carbocycles. The average Bonchev–Trinajstić information content (AvgIpc) is 3.30. The minimum Gasteiger partial charge on any atom is -0.495 e. The highest BCUT2D eigenvalue weighted by atomic mass is 32.1. The number of benzene rings is 1. The first kappa shape index (κ1) is 22.7. The molecular weight excluding hydrogens is 454 g/mol. The molecule has 3 aromatic rings. The summed E-state index contributed by atoms with van der Waals surface area (Å²) in [5, 5.41) is 5.33. The van der Waals surface area contributed by atoms with Gasteiger partial charge in [0.25, 0.3) is 5.56 Å². The Balaban J connectivity index is 1.31. The van der Waals surface area contributed by atoms with E-state index in [2.05, 4.69) is 21.2 Å². The number of aromatic nitrogens is 2. The van der Waals surface area contributed by atoms with Gasteiger partial charge in [-0.1, -0.05) is 12.1 Å². The second-order valence-corrected chi connectivity index (χ2v) is 9.71. The van der Waals surface area contributed by atoms with Crippen molar-refractivity contribution < 1.29 is 9.53 Å². The van der Waals surface area contributed by atoms with Crippen LogP contribution in [0.1, 0.15) is 24.3 Å². The van der Waals surface area contributed by atoms with Gasteiger partial charge in [-0.05, 0) is 18.6 Å².